The van der Waals surface area contributed by atoms with E-state index in [9.17, 15) is 4.79 Å². The monoisotopic (exact) mass is 429 g/mol. The fourth-order valence-corrected chi connectivity index (χ4v) is 4.41. The predicted molar refractivity (Wildman–Crippen MR) is 122 cm³/mol. The molecule has 2 aliphatic heterocycles. The van der Waals surface area contributed by atoms with Crippen LogP contribution in [0.15, 0.2) is 48.0 Å². The van der Waals surface area contributed by atoms with Crippen LogP contribution in [0.25, 0.3) is 5.57 Å². The molecule has 2 saturated heterocycles. The minimum absolute atomic E-state index is 0.0501. The topological polar surface area (TPSA) is 26.8 Å². The summed E-state index contributed by atoms with van der Waals surface area (Å²) in [6.07, 6.45) is 0.724. The molecule has 29 heavy (non-hydrogen) atoms. The van der Waals surface area contributed by atoms with Crippen molar-refractivity contribution < 1.29 is 4.79 Å². The van der Waals surface area contributed by atoms with Crippen molar-refractivity contribution in [2.45, 2.75) is 13.3 Å². The molecule has 0 atom stereocenters. The van der Waals surface area contributed by atoms with Crippen LogP contribution in [0.4, 0.5) is 11.4 Å². The lowest BCUT2D eigenvalue weighted by molar-refractivity contribution is -0.114. The zero-order chi connectivity index (χ0) is 20.5. The van der Waals surface area contributed by atoms with E-state index < -0.39 is 0 Å². The molecule has 0 unspecified atom stereocenters. The SMILES string of the molecule is C/C(=C1/CCN(c2ccc(Cl)c(Cl)c2)C1=O)c1ccccc1N1CCN(C)CC1. The third-order valence-electron chi connectivity index (χ3n) is 5.91. The van der Waals surface area contributed by atoms with E-state index in [1.165, 1.54) is 5.69 Å². The lowest BCUT2D eigenvalue weighted by Crippen LogP contribution is -2.44. The second-order valence-corrected chi connectivity index (χ2v) is 8.53. The Balaban J connectivity index is 1.65. The zero-order valence-electron chi connectivity index (χ0n) is 16.8. The molecule has 2 aliphatic rings. The van der Waals surface area contributed by atoms with Crippen LogP contribution in [-0.4, -0.2) is 50.6 Å². The molecular weight excluding hydrogens is 405 g/mol. The lowest BCUT2D eigenvalue weighted by Gasteiger charge is -2.35. The summed E-state index contributed by atoms with van der Waals surface area (Å²) in [6, 6.07) is 13.8. The zero-order valence-corrected chi connectivity index (χ0v) is 18.3. The molecule has 0 spiro atoms. The summed E-state index contributed by atoms with van der Waals surface area (Å²) in [5, 5.41) is 0.960. The number of para-hydroxylation sites is 1. The van der Waals surface area contributed by atoms with Crippen molar-refractivity contribution >= 4 is 46.1 Å². The Labute approximate surface area is 182 Å². The molecule has 0 bridgehead atoms. The van der Waals surface area contributed by atoms with Crippen LogP contribution >= 0.6 is 23.2 Å². The quantitative estimate of drug-likeness (QED) is 0.645. The van der Waals surface area contributed by atoms with Gasteiger partial charge in [-0.2, -0.15) is 0 Å². The van der Waals surface area contributed by atoms with Crippen LogP contribution in [0.5, 0.6) is 0 Å². The van der Waals surface area contributed by atoms with Crippen LogP contribution in [0, 0.1) is 0 Å². The van der Waals surface area contributed by atoms with Crippen LogP contribution in [0.3, 0.4) is 0 Å². The number of anilines is 2. The fourth-order valence-electron chi connectivity index (χ4n) is 4.12. The minimum atomic E-state index is 0.0501. The summed E-state index contributed by atoms with van der Waals surface area (Å²) >= 11 is 12.2. The first-order valence-corrected chi connectivity index (χ1v) is 10.7. The summed E-state index contributed by atoms with van der Waals surface area (Å²) in [6.45, 7) is 6.82. The molecule has 0 saturated carbocycles. The highest BCUT2D eigenvalue weighted by Gasteiger charge is 2.30. The summed E-state index contributed by atoms with van der Waals surface area (Å²) < 4.78 is 0. The molecule has 4 rings (SSSR count). The number of rotatable bonds is 3. The first-order chi connectivity index (χ1) is 14.0. The highest BCUT2D eigenvalue weighted by Crippen LogP contribution is 2.36. The summed E-state index contributed by atoms with van der Waals surface area (Å²) in [5.41, 5.74) is 5.09. The first kappa shape index (κ1) is 20.3. The molecule has 0 N–H and O–H groups in total. The predicted octanol–water partition coefficient (Wildman–Crippen LogP) is 4.96. The van der Waals surface area contributed by atoms with Gasteiger partial charge in [0.05, 0.1) is 10.0 Å². The van der Waals surface area contributed by atoms with E-state index in [1.54, 1.807) is 17.0 Å². The Morgan fingerprint density at radius 1 is 0.931 bits per heavy atom. The maximum Gasteiger partial charge on any atom is 0.254 e. The van der Waals surface area contributed by atoms with Crippen molar-refractivity contribution in [2.75, 3.05) is 49.6 Å². The van der Waals surface area contributed by atoms with Gasteiger partial charge in [-0.1, -0.05) is 41.4 Å². The van der Waals surface area contributed by atoms with E-state index in [0.29, 0.717) is 16.6 Å². The van der Waals surface area contributed by atoms with Crippen LogP contribution < -0.4 is 9.80 Å². The standard InChI is InChI=1S/C23H25Cl2N3O/c1-16(18-5-3-4-6-22(18)27-13-11-26(2)12-14-27)19-9-10-28(23(19)29)17-7-8-20(24)21(25)15-17/h3-8,15H,9-14H2,1-2H3/b19-16+. The molecule has 152 valence electrons. The van der Waals surface area contributed by atoms with E-state index in [4.69, 9.17) is 23.2 Å². The average Bonchev–Trinajstić information content (AvgIpc) is 3.11. The Hall–Kier alpha value is -2.01. The second kappa shape index (κ2) is 8.39. The van der Waals surface area contributed by atoms with Gasteiger partial charge in [-0.05, 0) is 50.2 Å². The van der Waals surface area contributed by atoms with E-state index in [-0.39, 0.29) is 5.91 Å². The van der Waals surface area contributed by atoms with Gasteiger partial charge in [-0.25, -0.2) is 0 Å². The van der Waals surface area contributed by atoms with Crippen molar-refractivity contribution in [2.24, 2.45) is 0 Å². The molecule has 4 nitrogen and oxygen atoms in total. The van der Waals surface area contributed by atoms with Crippen LogP contribution in [0.1, 0.15) is 18.9 Å². The van der Waals surface area contributed by atoms with Gasteiger partial charge in [0.25, 0.3) is 5.91 Å². The number of allylic oxidation sites excluding steroid dienone is 1. The maximum absolute atomic E-state index is 13.2. The van der Waals surface area contributed by atoms with E-state index in [1.807, 2.05) is 6.07 Å². The highest BCUT2D eigenvalue weighted by atomic mass is 35.5. The van der Waals surface area contributed by atoms with Crippen LogP contribution in [-0.2, 0) is 4.79 Å². The lowest BCUT2D eigenvalue weighted by atomic mass is 9.98. The van der Waals surface area contributed by atoms with Crippen molar-refractivity contribution in [1.82, 2.24) is 4.90 Å². The molecular formula is C23H25Cl2N3O. The average molecular weight is 430 g/mol. The van der Waals surface area contributed by atoms with Gasteiger partial charge < -0.3 is 14.7 Å². The summed E-state index contributed by atoms with van der Waals surface area (Å²) in [4.78, 5) is 19.8. The summed E-state index contributed by atoms with van der Waals surface area (Å²) in [5.74, 6) is 0.0501. The number of carbonyl (C=O) groups excluding carboxylic acids is 1. The molecule has 0 aliphatic carbocycles. The molecule has 2 fully saturated rings. The third-order valence-corrected chi connectivity index (χ3v) is 6.65. The number of nitrogens with zero attached hydrogens (tertiary/aromatic N) is 3. The molecule has 2 heterocycles. The van der Waals surface area contributed by atoms with Gasteiger partial charge in [0, 0.05) is 55.2 Å². The Morgan fingerprint density at radius 3 is 2.38 bits per heavy atom. The highest BCUT2D eigenvalue weighted by molar-refractivity contribution is 6.42. The molecule has 0 aromatic heterocycles. The van der Waals surface area contributed by atoms with Crippen molar-refractivity contribution in [1.29, 1.82) is 0 Å². The van der Waals surface area contributed by atoms with Gasteiger partial charge in [0.1, 0.15) is 0 Å². The van der Waals surface area contributed by atoms with E-state index in [2.05, 4.69) is 48.0 Å². The Bertz CT molecular complexity index is 964. The molecule has 2 aromatic carbocycles. The van der Waals surface area contributed by atoms with E-state index >= 15 is 0 Å². The maximum atomic E-state index is 13.2. The van der Waals surface area contributed by atoms with E-state index in [0.717, 1.165) is 55.0 Å². The number of likely N-dealkylation sites (N-methyl/N-ethyl adjacent to an activating group) is 1. The van der Waals surface area contributed by atoms with Gasteiger partial charge in [0.15, 0.2) is 0 Å². The number of amides is 1. The molecule has 0 radical (unpaired) electrons. The minimum Gasteiger partial charge on any atom is -0.368 e. The largest absolute Gasteiger partial charge is 0.368 e. The number of hydrogen-bond donors (Lipinski definition) is 0. The Kier molecular flexibility index (Phi) is 5.86. The van der Waals surface area contributed by atoms with Crippen molar-refractivity contribution in [3.05, 3.63) is 63.6 Å². The molecule has 6 heteroatoms. The first-order valence-electron chi connectivity index (χ1n) is 9.95. The van der Waals surface area contributed by atoms with Gasteiger partial charge in [0.2, 0.25) is 0 Å². The summed E-state index contributed by atoms with van der Waals surface area (Å²) in [7, 11) is 2.16. The van der Waals surface area contributed by atoms with Gasteiger partial charge in [-0.3, -0.25) is 4.79 Å². The third kappa shape index (κ3) is 4.02. The van der Waals surface area contributed by atoms with Gasteiger partial charge >= 0.3 is 0 Å². The van der Waals surface area contributed by atoms with Crippen molar-refractivity contribution in [3.8, 4) is 0 Å². The fraction of sp³-hybridized carbons (Fsp3) is 0.348. The smallest absolute Gasteiger partial charge is 0.254 e. The molecule has 2 aromatic rings. The number of piperazine rings is 1. The number of halogens is 2. The van der Waals surface area contributed by atoms with Crippen molar-refractivity contribution in [3.63, 3.8) is 0 Å². The van der Waals surface area contributed by atoms with Gasteiger partial charge in [-0.15, -0.1) is 0 Å². The second-order valence-electron chi connectivity index (χ2n) is 7.72. The van der Waals surface area contributed by atoms with Crippen LogP contribution in [0.2, 0.25) is 10.0 Å². The number of benzene rings is 2. The normalized spacial score (nSPS) is 19.8. The Morgan fingerprint density at radius 2 is 1.66 bits per heavy atom. The number of hydrogen-bond acceptors (Lipinski definition) is 3. The molecule has 1 amide bonds. The number of carbonyl (C=O) groups is 1.